The second-order valence-corrected chi connectivity index (χ2v) is 6.31. The van der Waals surface area contributed by atoms with Gasteiger partial charge < -0.3 is 20.3 Å². The lowest BCUT2D eigenvalue weighted by atomic mass is 10.1. The van der Waals surface area contributed by atoms with Crippen LogP contribution < -0.4 is 10.5 Å². The van der Waals surface area contributed by atoms with Crippen LogP contribution in [0.1, 0.15) is 24.0 Å². The van der Waals surface area contributed by atoms with Gasteiger partial charge in [-0.25, -0.2) is 0 Å². The largest absolute Gasteiger partial charge is 0.496 e. The molecule has 1 aromatic carbocycles. The zero-order chi connectivity index (χ0) is 15.4. The molecule has 0 saturated carbocycles. The number of rotatable bonds is 6. The number of hydrogen-bond donors (Lipinski definition) is 1. The summed E-state index contributed by atoms with van der Waals surface area (Å²) in [5.74, 6) is 0.756. The zero-order valence-corrected chi connectivity index (χ0v) is 13.9. The van der Waals surface area contributed by atoms with Crippen LogP contribution in [-0.4, -0.2) is 55.1 Å². The van der Waals surface area contributed by atoms with E-state index in [0.29, 0.717) is 11.0 Å². The molecule has 0 spiro atoms. The first-order valence-corrected chi connectivity index (χ1v) is 7.77. The molecule has 1 aliphatic heterocycles. The molecular formula is C16H25N3OS. The number of methoxy groups -OCH3 is 1. The van der Waals surface area contributed by atoms with Crippen molar-refractivity contribution in [2.45, 2.75) is 25.4 Å². The zero-order valence-electron chi connectivity index (χ0n) is 13.1. The van der Waals surface area contributed by atoms with E-state index in [1.165, 1.54) is 24.9 Å². The van der Waals surface area contributed by atoms with Crippen LogP contribution in [0, 0.1) is 0 Å². The molecule has 0 radical (unpaired) electrons. The van der Waals surface area contributed by atoms with Gasteiger partial charge in [0.2, 0.25) is 0 Å². The summed E-state index contributed by atoms with van der Waals surface area (Å²) in [7, 11) is 6.03. The van der Waals surface area contributed by atoms with Gasteiger partial charge in [0.15, 0.2) is 0 Å². The Labute approximate surface area is 132 Å². The van der Waals surface area contributed by atoms with E-state index in [1.54, 1.807) is 7.11 Å². The molecule has 1 atom stereocenters. The molecule has 2 rings (SSSR count). The molecule has 1 aromatic rings. The van der Waals surface area contributed by atoms with Crippen molar-refractivity contribution in [3.05, 3.63) is 29.3 Å². The Morgan fingerprint density at radius 2 is 2.29 bits per heavy atom. The summed E-state index contributed by atoms with van der Waals surface area (Å²) in [5, 5.41) is 0. The maximum absolute atomic E-state index is 5.70. The van der Waals surface area contributed by atoms with Gasteiger partial charge in [-0.2, -0.15) is 0 Å². The number of hydrogen-bond acceptors (Lipinski definition) is 4. The first-order chi connectivity index (χ1) is 10.0. The van der Waals surface area contributed by atoms with Crippen LogP contribution in [0.25, 0.3) is 0 Å². The summed E-state index contributed by atoms with van der Waals surface area (Å²) in [6.07, 6.45) is 2.61. The van der Waals surface area contributed by atoms with E-state index in [4.69, 9.17) is 22.7 Å². The third-order valence-corrected chi connectivity index (χ3v) is 4.40. The maximum atomic E-state index is 5.70. The number of likely N-dealkylation sites (N-methyl/N-ethyl adjacent to an activating group) is 2. The highest BCUT2D eigenvalue weighted by molar-refractivity contribution is 7.80. The topological polar surface area (TPSA) is 41.7 Å². The van der Waals surface area contributed by atoms with Crippen molar-refractivity contribution >= 4 is 17.2 Å². The van der Waals surface area contributed by atoms with Gasteiger partial charge in [-0.3, -0.25) is 0 Å². The highest BCUT2D eigenvalue weighted by atomic mass is 32.1. The summed E-state index contributed by atoms with van der Waals surface area (Å²) in [4.78, 5) is 5.19. The van der Waals surface area contributed by atoms with Gasteiger partial charge in [0.1, 0.15) is 10.7 Å². The third kappa shape index (κ3) is 4.15. The van der Waals surface area contributed by atoms with Crippen LogP contribution in [-0.2, 0) is 6.54 Å². The number of nitrogens with zero attached hydrogens (tertiary/aromatic N) is 2. The van der Waals surface area contributed by atoms with Gasteiger partial charge in [-0.05, 0) is 51.2 Å². The molecule has 0 amide bonds. The second-order valence-electron chi connectivity index (χ2n) is 5.87. The minimum absolute atomic E-state index is 0.374. The molecule has 1 fully saturated rings. The van der Waals surface area contributed by atoms with Crippen LogP contribution in [0.4, 0.5) is 0 Å². The minimum atomic E-state index is 0.374. The van der Waals surface area contributed by atoms with Crippen LogP contribution in [0.3, 0.4) is 0 Å². The minimum Gasteiger partial charge on any atom is -0.496 e. The average molecular weight is 307 g/mol. The number of likely N-dealkylation sites (tertiary alicyclic amines) is 1. The summed E-state index contributed by atoms with van der Waals surface area (Å²) in [6, 6.07) is 6.73. The van der Waals surface area contributed by atoms with Crippen molar-refractivity contribution in [3.63, 3.8) is 0 Å². The molecule has 21 heavy (non-hydrogen) atoms. The maximum Gasteiger partial charge on any atom is 0.129 e. The molecule has 2 N–H and O–H groups in total. The fraction of sp³-hybridized carbons (Fsp3) is 0.562. The van der Waals surface area contributed by atoms with E-state index in [2.05, 4.69) is 30.0 Å². The van der Waals surface area contributed by atoms with E-state index in [-0.39, 0.29) is 0 Å². The Morgan fingerprint density at radius 1 is 1.52 bits per heavy atom. The van der Waals surface area contributed by atoms with E-state index in [1.807, 2.05) is 12.1 Å². The third-order valence-electron chi connectivity index (χ3n) is 4.18. The lowest BCUT2D eigenvalue weighted by Gasteiger charge is -2.26. The van der Waals surface area contributed by atoms with Crippen LogP contribution >= 0.6 is 12.2 Å². The molecule has 1 saturated heterocycles. The van der Waals surface area contributed by atoms with Crippen molar-refractivity contribution in [1.29, 1.82) is 0 Å². The number of nitrogens with two attached hydrogens (primary N) is 1. The highest BCUT2D eigenvalue weighted by Gasteiger charge is 2.22. The standard InChI is InChI=1S/C16H25N3OS/c1-18(11-13-5-4-8-19(13)2)10-12-6-7-14(16(17)21)15(9-12)20-3/h6-7,9,13H,4-5,8,10-11H2,1-3H3,(H2,17,21). The van der Waals surface area contributed by atoms with Gasteiger partial charge in [0.05, 0.1) is 12.7 Å². The van der Waals surface area contributed by atoms with Crippen LogP contribution in [0.2, 0.25) is 0 Å². The van der Waals surface area contributed by atoms with Crippen molar-refractivity contribution in [2.24, 2.45) is 5.73 Å². The second kappa shape index (κ2) is 7.20. The lowest BCUT2D eigenvalue weighted by molar-refractivity contribution is 0.215. The van der Waals surface area contributed by atoms with Crippen LogP contribution in [0.15, 0.2) is 18.2 Å². The van der Waals surface area contributed by atoms with E-state index in [0.717, 1.165) is 24.4 Å². The van der Waals surface area contributed by atoms with Crippen molar-refractivity contribution in [1.82, 2.24) is 9.80 Å². The highest BCUT2D eigenvalue weighted by Crippen LogP contribution is 2.22. The van der Waals surface area contributed by atoms with Gasteiger partial charge in [-0.15, -0.1) is 0 Å². The molecule has 1 unspecified atom stereocenters. The Morgan fingerprint density at radius 3 is 2.86 bits per heavy atom. The van der Waals surface area contributed by atoms with Crippen molar-refractivity contribution in [2.75, 3.05) is 34.3 Å². The molecule has 116 valence electrons. The first-order valence-electron chi connectivity index (χ1n) is 7.36. The Bertz CT molecular complexity index is 506. The first kappa shape index (κ1) is 16.2. The molecule has 0 aromatic heterocycles. The van der Waals surface area contributed by atoms with Gasteiger partial charge in [0.25, 0.3) is 0 Å². The Kier molecular flexibility index (Phi) is 5.56. The predicted octanol–water partition coefficient (Wildman–Crippen LogP) is 1.86. The number of ether oxygens (including phenoxy) is 1. The summed E-state index contributed by atoms with van der Waals surface area (Å²) in [6.45, 7) is 3.21. The molecular weight excluding hydrogens is 282 g/mol. The van der Waals surface area contributed by atoms with Crippen molar-refractivity contribution < 1.29 is 4.74 Å². The van der Waals surface area contributed by atoms with Crippen molar-refractivity contribution in [3.8, 4) is 5.75 Å². The van der Waals surface area contributed by atoms with Gasteiger partial charge >= 0.3 is 0 Å². The van der Waals surface area contributed by atoms with Gasteiger partial charge in [-0.1, -0.05) is 18.3 Å². The fourth-order valence-electron chi connectivity index (χ4n) is 2.98. The fourth-order valence-corrected chi connectivity index (χ4v) is 3.15. The smallest absolute Gasteiger partial charge is 0.129 e. The van der Waals surface area contributed by atoms with Gasteiger partial charge in [0, 0.05) is 19.1 Å². The lowest BCUT2D eigenvalue weighted by Crippen LogP contribution is -2.36. The molecule has 0 aliphatic carbocycles. The summed E-state index contributed by atoms with van der Waals surface area (Å²) < 4.78 is 5.39. The SMILES string of the molecule is COc1cc(CN(C)CC2CCCN2C)ccc1C(N)=S. The molecule has 0 bridgehead atoms. The Balaban J connectivity index is 2.00. The van der Waals surface area contributed by atoms with Crippen LogP contribution in [0.5, 0.6) is 5.75 Å². The predicted molar refractivity (Wildman–Crippen MR) is 90.9 cm³/mol. The quantitative estimate of drug-likeness (QED) is 0.813. The van der Waals surface area contributed by atoms with E-state index < -0.39 is 0 Å². The molecule has 4 nitrogen and oxygen atoms in total. The molecule has 1 heterocycles. The number of thiocarbonyl (C=S) groups is 1. The normalized spacial score (nSPS) is 19.1. The Hall–Kier alpha value is -1.17. The monoisotopic (exact) mass is 307 g/mol. The summed E-state index contributed by atoms with van der Waals surface area (Å²) in [5.41, 5.74) is 7.72. The molecule has 5 heteroatoms. The van der Waals surface area contributed by atoms with E-state index in [9.17, 15) is 0 Å². The average Bonchev–Trinajstić information content (AvgIpc) is 2.83. The van der Waals surface area contributed by atoms with E-state index >= 15 is 0 Å². The molecule has 1 aliphatic rings. The summed E-state index contributed by atoms with van der Waals surface area (Å²) >= 11 is 5.04. The number of benzene rings is 1.